The molecule has 2 N–H and O–H groups in total. The van der Waals surface area contributed by atoms with E-state index in [9.17, 15) is 5.11 Å². The van der Waals surface area contributed by atoms with Gasteiger partial charge in [-0.3, -0.25) is 5.10 Å². The van der Waals surface area contributed by atoms with Gasteiger partial charge in [0, 0.05) is 6.42 Å². The van der Waals surface area contributed by atoms with Crippen molar-refractivity contribution in [2.45, 2.75) is 44.6 Å². The Morgan fingerprint density at radius 1 is 1.33 bits per heavy atom. The van der Waals surface area contributed by atoms with Crippen LogP contribution in [0.3, 0.4) is 0 Å². The molecule has 2 aromatic rings. The quantitative estimate of drug-likeness (QED) is 0.885. The highest BCUT2D eigenvalue weighted by molar-refractivity contribution is 5.44. The van der Waals surface area contributed by atoms with Gasteiger partial charge in [-0.1, -0.05) is 32.1 Å². The monoisotopic (exact) mass is 287 g/mol. The summed E-state index contributed by atoms with van der Waals surface area (Å²) < 4.78 is 5.81. The number of furan rings is 1. The molecule has 0 aliphatic heterocycles. The number of rotatable bonds is 5. The smallest absolute Gasteiger partial charge is 0.157 e. The van der Waals surface area contributed by atoms with Crippen molar-refractivity contribution in [3.63, 3.8) is 0 Å². The summed E-state index contributed by atoms with van der Waals surface area (Å²) in [6.07, 6.45) is 11.7. The van der Waals surface area contributed by atoms with E-state index in [2.05, 4.69) is 15.2 Å². The minimum atomic E-state index is -0.792. The molecular weight excluding hydrogens is 266 g/mol. The number of H-pyrrole nitrogens is 1. The molecule has 5 nitrogen and oxygen atoms in total. The molecular formula is C16H21N3O2. The zero-order valence-corrected chi connectivity index (χ0v) is 12.0. The number of aliphatic hydroxyl groups is 1. The van der Waals surface area contributed by atoms with Crippen LogP contribution in [-0.4, -0.2) is 20.3 Å². The summed E-state index contributed by atoms with van der Waals surface area (Å²) >= 11 is 0. The molecule has 1 aliphatic rings. The molecule has 1 atom stereocenters. The molecule has 112 valence electrons. The van der Waals surface area contributed by atoms with Crippen LogP contribution >= 0.6 is 0 Å². The Morgan fingerprint density at radius 3 is 2.95 bits per heavy atom. The van der Waals surface area contributed by atoms with Crippen LogP contribution in [0.2, 0.25) is 0 Å². The lowest BCUT2D eigenvalue weighted by molar-refractivity contribution is 0.219. The number of nitrogens with one attached hydrogen (secondary N) is 1. The molecule has 2 heterocycles. The fourth-order valence-electron chi connectivity index (χ4n) is 2.90. The molecule has 1 aliphatic carbocycles. The molecule has 0 bridgehead atoms. The molecule has 0 radical (unpaired) electrons. The Kier molecular flexibility index (Phi) is 4.50. The van der Waals surface area contributed by atoms with E-state index in [4.69, 9.17) is 4.42 Å². The van der Waals surface area contributed by atoms with E-state index in [1.54, 1.807) is 12.2 Å². The zero-order chi connectivity index (χ0) is 14.5. The van der Waals surface area contributed by atoms with E-state index in [1.807, 2.05) is 12.1 Å². The molecule has 1 unspecified atom stereocenters. The highest BCUT2D eigenvalue weighted by Gasteiger charge is 2.15. The van der Waals surface area contributed by atoms with Gasteiger partial charge in [0.15, 0.2) is 5.82 Å². The number of aromatic amines is 1. The van der Waals surface area contributed by atoms with Crippen molar-refractivity contribution in [1.82, 2.24) is 15.2 Å². The normalized spacial score (nSPS) is 18.3. The summed E-state index contributed by atoms with van der Waals surface area (Å²) in [4.78, 5) is 3.91. The molecule has 0 amide bonds. The van der Waals surface area contributed by atoms with Gasteiger partial charge >= 0.3 is 0 Å². The van der Waals surface area contributed by atoms with Crippen molar-refractivity contribution in [1.29, 1.82) is 0 Å². The van der Waals surface area contributed by atoms with E-state index in [0.717, 1.165) is 23.9 Å². The zero-order valence-electron chi connectivity index (χ0n) is 12.0. The van der Waals surface area contributed by atoms with Gasteiger partial charge in [0.25, 0.3) is 0 Å². The molecule has 1 saturated carbocycles. The van der Waals surface area contributed by atoms with Crippen LogP contribution in [-0.2, 0) is 6.42 Å². The number of hydrogen-bond donors (Lipinski definition) is 2. The molecule has 0 saturated heterocycles. The summed E-state index contributed by atoms with van der Waals surface area (Å²) in [6, 6.07) is 3.98. The summed E-state index contributed by atoms with van der Waals surface area (Å²) in [5.41, 5.74) is 0. The maximum Gasteiger partial charge on any atom is 0.157 e. The third-order valence-corrected chi connectivity index (χ3v) is 4.05. The molecule has 21 heavy (non-hydrogen) atoms. The third-order valence-electron chi connectivity index (χ3n) is 4.05. The van der Waals surface area contributed by atoms with Gasteiger partial charge in [-0.05, 0) is 30.2 Å². The Bertz CT molecular complexity index is 568. The third kappa shape index (κ3) is 3.82. The van der Waals surface area contributed by atoms with Crippen LogP contribution in [0.1, 0.15) is 55.6 Å². The highest BCUT2D eigenvalue weighted by atomic mass is 16.3. The molecule has 3 rings (SSSR count). The van der Waals surface area contributed by atoms with Crippen LogP contribution in [0.25, 0.3) is 6.08 Å². The first-order valence-electron chi connectivity index (χ1n) is 7.61. The van der Waals surface area contributed by atoms with E-state index >= 15 is 0 Å². The van der Waals surface area contributed by atoms with Gasteiger partial charge in [-0.15, -0.1) is 0 Å². The first-order chi connectivity index (χ1) is 10.3. The van der Waals surface area contributed by atoms with Gasteiger partial charge in [0.2, 0.25) is 0 Å². The largest absolute Gasteiger partial charge is 0.462 e. The van der Waals surface area contributed by atoms with Crippen molar-refractivity contribution in [3.05, 3.63) is 41.9 Å². The predicted molar refractivity (Wildman–Crippen MR) is 79.4 cm³/mol. The predicted octanol–water partition coefficient (Wildman–Crippen LogP) is 3.27. The Morgan fingerprint density at radius 2 is 2.19 bits per heavy atom. The van der Waals surface area contributed by atoms with Gasteiger partial charge in [0.05, 0.1) is 0 Å². The van der Waals surface area contributed by atoms with Crippen molar-refractivity contribution in [2.75, 3.05) is 0 Å². The van der Waals surface area contributed by atoms with Crippen LogP contribution < -0.4 is 0 Å². The first-order valence-corrected chi connectivity index (χ1v) is 7.61. The van der Waals surface area contributed by atoms with Crippen LogP contribution in [0.15, 0.2) is 29.0 Å². The number of aromatic nitrogens is 3. The highest BCUT2D eigenvalue weighted by Crippen LogP contribution is 2.27. The summed E-state index contributed by atoms with van der Waals surface area (Å²) in [6.45, 7) is 0. The Hall–Kier alpha value is -1.88. The fraction of sp³-hybridized carbons (Fsp3) is 0.500. The van der Waals surface area contributed by atoms with Crippen LogP contribution in [0.5, 0.6) is 0 Å². The molecule has 2 aromatic heterocycles. The fourth-order valence-corrected chi connectivity index (χ4v) is 2.90. The molecule has 5 heteroatoms. The average molecular weight is 287 g/mol. The van der Waals surface area contributed by atoms with Crippen molar-refractivity contribution in [3.8, 4) is 0 Å². The van der Waals surface area contributed by atoms with Gasteiger partial charge in [-0.25, -0.2) is 4.98 Å². The number of nitrogens with zero attached hydrogens (tertiary/aromatic N) is 2. The Labute approximate surface area is 124 Å². The second-order valence-electron chi connectivity index (χ2n) is 5.69. The second kappa shape index (κ2) is 6.72. The van der Waals surface area contributed by atoms with Crippen LogP contribution in [0.4, 0.5) is 0 Å². The lowest BCUT2D eigenvalue weighted by Crippen LogP contribution is -2.08. The van der Waals surface area contributed by atoms with Crippen molar-refractivity contribution < 1.29 is 9.52 Å². The standard InChI is InChI=1S/C16H21N3O2/c20-15(16-17-11-18-19-16)9-8-13-6-7-14(21-13)10-12-4-2-1-3-5-12/h6-9,11-12,15,20H,1-5,10H2,(H,17,18,19). The first kappa shape index (κ1) is 14.1. The second-order valence-corrected chi connectivity index (χ2v) is 5.69. The summed E-state index contributed by atoms with van der Waals surface area (Å²) in [5.74, 6) is 3.00. The topological polar surface area (TPSA) is 74.9 Å². The van der Waals surface area contributed by atoms with Gasteiger partial charge in [-0.2, -0.15) is 5.10 Å². The van der Waals surface area contributed by atoms with E-state index in [0.29, 0.717) is 5.82 Å². The summed E-state index contributed by atoms with van der Waals surface area (Å²) in [5, 5.41) is 16.2. The molecule has 0 spiro atoms. The maximum atomic E-state index is 9.88. The molecule has 0 aromatic carbocycles. The average Bonchev–Trinajstić information content (AvgIpc) is 3.17. The van der Waals surface area contributed by atoms with Crippen molar-refractivity contribution >= 4 is 6.08 Å². The number of aliphatic hydroxyl groups excluding tert-OH is 1. The minimum absolute atomic E-state index is 0.431. The molecule has 1 fully saturated rings. The maximum absolute atomic E-state index is 9.88. The van der Waals surface area contributed by atoms with Crippen LogP contribution in [0, 0.1) is 5.92 Å². The lowest BCUT2D eigenvalue weighted by atomic mass is 9.86. The Balaban J connectivity index is 1.57. The van der Waals surface area contributed by atoms with E-state index < -0.39 is 6.10 Å². The lowest BCUT2D eigenvalue weighted by Gasteiger charge is -2.20. The van der Waals surface area contributed by atoms with E-state index in [-0.39, 0.29) is 0 Å². The van der Waals surface area contributed by atoms with Gasteiger partial charge in [0.1, 0.15) is 24.0 Å². The van der Waals surface area contributed by atoms with Gasteiger partial charge < -0.3 is 9.52 Å². The minimum Gasteiger partial charge on any atom is -0.462 e. The SMILES string of the molecule is OC(C=Cc1ccc(CC2CCCCC2)o1)c1ncn[nH]1. The summed E-state index contributed by atoms with van der Waals surface area (Å²) in [7, 11) is 0. The van der Waals surface area contributed by atoms with Crippen molar-refractivity contribution in [2.24, 2.45) is 5.92 Å². The number of hydrogen-bond acceptors (Lipinski definition) is 4. The van der Waals surface area contributed by atoms with E-state index in [1.165, 1.54) is 38.4 Å².